The molecule has 23 heavy (non-hydrogen) atoms. The van der Waals surface area contributed by atoms with Crippen molar-refractivity contribution in [2.75, 3.05) is 39.9 Å². The molecule has 6 nitrogen and oxygen atoms in total. The van der Waals surface area contributed by atoms with E-state index in [0.717, 1.165) is 22.4 Å². The molecule has 1 heterocycles. The van der Waals surface area contributed by atoms with Crippen LogP contribution in [-0.2, 0) is 9.53 Å². The van der Waals surface area contributed by atoms with Gasteiger partial charge in [0, 0.05) is 26.2 Å². The van der Waals surface area contributed by atoms with Crippen molar-refractivity contribution in [3.8, 4) is 5.75 Å². The fraction of sp³-hybridized carbons (Fsp3) is 0.529. The quantitative estimate of drug-likeness (QED) is 0.853. The molecule has 0 spiro atoms. The van der Waals surface area contributed by atoms with Gasteiger partial charge in [0.05, 0.1) is 7.11 Å². The fourth-order valence-electron chi connectivity index (χ4n) is 2.64. The molecular weight excluding hydrogens is 296 g/mol. The predicted molar refractivity (Wildman–Crippen MR) is 86.7 cm³/mol. The molecule has 0 N–H and O–H groups in total. The molecule has 126 valence electrons. The Morgan fingerprint density at radius 3 is 2.17 bits per heavy atom. The van der Waals surface area contributed by atoms with Gasteiger partial charge in [-0.15, -0.1) is 0 Å². The number of rotatable bonds is 3. The van der Waals surface area contributed by atoms with Gasteiger partial charge in [-0.05, 0) is 37.5 Å². The Morgan fingerprint density at radius 2 is 1.57 bits per heavy atom. The molecule has 1 aliphatic heterocycles. The zero-order valence-electron chi connectivity index (χ0n) is 14.2. The van der Waals surface area contributed by atoms with Crippen LogP contribution in [0.3, 0.4) is 0 Å². The summed E-state index contributed by atoms with van der Waals surface area (Å²) in [6.07, 6.45) is -0.348. The van der Waals surface area contributed by atoms with Gasteiger partial charge in [0.2, 0.25) is 0 Å². The molecule has 0 atom stereocenters. The van der Waals surface area contributed by atoms with Gasteiger partial charge < -0.3 is 19.3 Å². The Hall–Kier alpha value is -2.24. The minimum Gasteiger partial charge on any atom is -0.483 e. The third kappa shape index (κ3) is 3.94. The van der Waals surface area contributed by atoms with Crippen molar-refractivity contribution >= 4 is 12.0 Å². The van der Waals surface area contributed by atoms with Crippen molar-refractivity contribution < 1.29 is 19.1 Å². The lowest BCUT2D eigenvalue weighted by Gasteiger charge is -2.33. The van der Waals surface area contributed by atoms with Crippen molar-refractivity contribution in [3.63, 3.8) is 0 Å². The summed E-state index contributed by atoms with van der Waals surface area (Å²) in [4.78, 5) is 27.0. The van der Waals surface area contributed by atoms with Crippen LogP contribution in [0.25, 0.3) is 0 Å². The zero-order valence-corrected chi connectivity index (χ0v) is 14.2. The summed E-state index contributed by atoms with van der Waals surface area (Å²) in [5.41, 5.74) is 3.23. The van der Waals surface area contributed by atoms with Gasteiger partial charge in [0.15, 0.2) is 6.61 Å². The van der Waals surface area contributed by atoms with Gasteiger partial charge in [-0.3, -0.25) is 4.79 Å². The summed E-state index contributed by atoms with van der Waals surface area (Å²) in [5, 5.41) is 0. The molecule has 6 heteroatoms. The van der Waals surface area contributed by atoms with Crippen molar-refractivity contribution in [1.82, 2.24) is 9.80 Å². The molecular formula is C17H24N2O4. The summed E-state index contributed by atoms with van der Waals surface area (Å²) in [6.45, 7) is 7.99. The minimum atomic E-state index is -0.348. The average molecular weight is 320 g/mol. The second-order valence-corrected chi connectivity index (χ2v) is 5.78. The number of methoxy groups -OCH3 is 1. The first-order chi connectivity index (χ1) is 10.9. The fourth-order valence-corrected chi connectivity index (χ4v) is 2.64. The number of hydrogen-bond acceptors (Lipinski definition) is 4. The van der Waals surface area contributed by atoms with Gasteiger partial charge in [0.25, 0.3) is 5.91 Å². The normalized spacial score (nSPS) is 14.6. The van der Waals surface area contributed by atoms with Crippen LogP contribution in [0.5, 0.6) is 5.75 Å². The van der Waals surface area contributed by atoms with Crippen LogP contribution in [-0.4, -0.2) is 61.7 Å². The highest BCUT2D eigenvalue weighted by Gasteiger charge is 2.24. The minimum absolute atomic E-state index is 0.0172. The number of aryl methyl sites for hydroxylation is 2. The van der Waals surface area contributed by atoms with Crippen LogP contribution in [0.2, 0.25) is 0 Å². The second-order valence-electron chi connectivity index (χ2n) is 5.78. The number of ether oxygens (including phenoxy) is 2. The van der Waals surface area contributed by atoms with Crippen molar-refractivity contribution in [2.24, 2.45) is 0 Å². The standard InChI is InChI=1S/C17H24N2O4/c1-12-5-6-13(2)16(14(12)3)23-11-15(20)18-7-9-19(10-8-18)17(21)22-4/h5-6H,7-11H2,1-4H3. The lowest BCUT2D eigenvalue weighted by Crippen LogP contribution is -2.51. The van der Waals surface area contributed by atoms with Crippen LogP contribution in [0.1, 0.15) is 16.7 Å². The molecule has 1 saturated heterocycles. The molecule has 0 radical (unpaired) electrons. The van der Waals surface area contributed by atoms with E-state index in [-0.39, 0.29) is 18.6 Å². The Balaban J connectivity index is 1.89. The summed E-state index contributed by atoms with van der Waals surface area (Å²) in [5.74, 6) is 0.723. The van der Waals surface area contributed by atoms with E-state index in [1.165, 1.54) is 7.11 Å². The Kier molecular flexibility index (Phi) is 5.47. The van der Waals surface area contributed by atoms with Crippen molar-refractivity contribution in [3.05, 3.63) is 28.8 Å². The van der Waals surface area contributed by atoms with Crippen LogP contribution >= 0.6 is 0 Å². The topological polar surface area (TPSA) is 59.1 Å². The highest BCUT2D eigenvalue weighted by molar-refractivity contribution is 5.78. The summed E-state index contributed by atoms with van der Waals surface area (Å²) < 4.78 is 10.4. The number of nitrogens with zero attached hydrogens (tertiary/aromatic N) is 2. The van der Waals surface area contributed by atoms with Crippen LogP contribution in [0.4, 0.5) is 4.79 Å². The summed E-state index contributed by atoms with van der Waals surface area (Å²) >= 11 is 0. The number of piperazine rings is 1. The molecule has 1 fully saturated rings. The average Bonchev–Trinajstić information content (AvgIpc) is 2.57. The highest BCUT2D eigenvalue weighted by Crippen LogP contribution is 2.25. The van der Waals surface area contributed by atoms with E-state index in [2.05, 4.69) is 4.74 Å². The first kappa shape index (κ1) is 17.1. The lowest BCUT2D eigenvalue weighted by molar-refractivity contribution is -0.134. The van der Waals surface area contributed by atoms with Gasteiger partial charge >= 0.3 is 6.09 Å². The molecule has 1 aromatic rings. The van der Waals surface area contributed by atoms with E-state index in [9.17, 15) is 9.59 Å². The first-order valence-corrected chi connectivity index (χ1v) is 7.74. The number of carbonyl (C=O) groups is 2. The predicted octanol–water partition coefficient (Wildman–Crippen LogP) is 1.90. The van der Waals surface area contributed by atoms with Crippen molar-refractivity contribution in [1.29, 1.82) is 0 Å². The number of amides is 2. The van der Waals surface area contributed by atoms with E-state index in [1.807, 2.05) is 32.9 Å². The molecule has 0 aromatic heterocycles. The lowest BCUT2D eigenvalue weighted by atomic mass is 10.1. The summed E-state index contributed by atoms with van der Waals surface area (Å²) in [7, 11) is 1.36. The van der Waals surface area contributed by atoms with Crippen molar-refractivity contribution in [2.45, 2.75) is 20.8 Å². The first-order valence-electron chi connectivity index (χ1n) is 7.74. The van der Waals surface area contributed by atoms with E-state index < -0.39 is 0 Å². The van der Waals surface area contributed by atoms with Gasteiger partial charge in [0.1, 0.15) is 5.75 Å². The van der Waals surface area contributed by atoms with Crippen LogP contribution in [0.15, 0.2) is 12.1 Å². The Morgan fingerprint density at radius 1 is 1.00 bits per heavy atom. The number of carbonyl (C=O) groups excluding carboxylic acids is 2. The highest BCUT2D eigenvalue weighted by atomic mass is 16.5. The molecule has 0 unspecified atom stereocenters. The second kappa shape index (κ2) is 7.35. The van der Waals surface area contributed by atoms with Gasteiger partial charge in [-0.25, -0.2) is 4.79 Å². The Bertz CT molecular complexity index is 593. The maximum absolute atomic E-state index is 12.3. The third-order valence-corrected chi connectivity index (χ3v) is 4.28. The SMILES string of the molecule is COC(=O)N1CCN(C(=O)COc2c(C)ccc(C)c2C)CC1. The van der Waals surface area contributed by atoms with Crippen LogP contribution < -0.4 is 4.74 Å². The Labute approximate surface area is 137 Å². The van der Waals surface area contributed by atoms with E-state index in [4.69, 9.17) is 4.74 Å². The molecule has 2 amide bonds. The molecule has 0 saturated carbocycles. The summed E-state index contributed by atoms with van der Waals surface area (Å²) in [6, 6.07) is 4.04. The third-order valence-electron chi connectivity index (χ3n) is 4.28. The van der Waals surface area contributed by atoms with Crippen LogP contribution in [0, 0.1) is 20.8 Å². The molecule has 0 bridgehead atoms. The monoisotopic (exact) mass is 320 g/mol. The molecule has 1 aromatic carbocycles. The zero-order chi connectivity index (χ0) is 17.0. The molecule has 0 aliphatic carbocycles. The molecule has 1 aliphatic rings. The largest absolute Gasteiger partial charge is 0.483 e. The van der Waals surface area contributed by atoms with E-state index in [0.29, 0.717) is 26.2 Å². The number of benzene rings is 1. The smallest absolute Gasteiger partial charge is 0.409 e. The van der Waals surface area contributed by atoms with E-state index in [1.54, 1.807) is 9.80 Å². The van der Waals surface area contributed by atoms with Gasteiger partial charge in [-0.2, -0.15) is 0 Å². The maximum Gasteiger partial charge on any atom is 0.409 e. The number of hydrogen-bond donors (Lipinski definition) is 0. The van der Waals surface area contributed by atoms with E-state index >= 15 is 0 Å². The van der Waals surface area contributed by atoms with Gasteiger partial charge in [-0.1, -0.05) is 12.1 Å². The maximum atomic E-state index is 12.3. The molecule has 2 rings (SSSR count).